The highest BCUT2D eigenvalue weighted by Gasteiger charge is 2.14. The van der Waals surface area contributed by atoms with Crippen molar-refractivity contribution in [1.29, 1.82) is 0 Å². The van der Waals surface area contributed by atoms with Gasteiger partial charge in [0, 0.05) is 19.5 Å². The van der Waals surface area contributed by atoms with Gasteiger partial charge in [-0.1, -0.05) is 0 Å². The van der Waals surface area contributed by atoms with Gasteiger partial charge in [-0.3, -0.25) is 4.79 Å². The highest BCUT2D eigenvalue weighted by molar-refractivity contribution is 5.85. The predicted molar refractivity (Wildman–Crippen MR) is 73.6 cm³/mol. The van der Waals surface area contributed by atoms with E-state index < -0.39 is 0 Å². The fourth-order valence-electron chi connectivity index (χ4n) is 2.01. The molecule has 0 unspecified atom stereocenters. The summed E-state index contributed by atoms with van der Waals surface area (Å²) in [6.07, 6.45) is 4.20. The van der Waals surface area contributed by atoms with Crippen LogP contribution >= 0.6 is 12.4 Å². The predicted octanol–water partition coefficient (Wildman–Crippen LogP) is 0.866. The molecule has 0 aromatic carbocycles. The molecule has 0 radical (unpaired) electrons. The number of halogens is 1. The highest BCUT2D eigenvalue weighted by Crippen LogP contribution is 2.17. The molecule has 1 aliphatic rings. The average molecular weight is 264 g/mol. The van der Waals surface area contributed by atoms with Crippen LogP contribution in [0.15, 0.2) is 0 Å². The van der Waals surface area contributed by atoms with Crippen molar-refractivity contribution < 1.29 is 4.79 Å². The van der Waals surface area contributed by atoms with Crippen molar-refractivity contribution in [3.05, 3.63) is 0 Å². The molecular formula is C12H26ClN3O. The van der Waals surface area contributed by atoms with Gasteiger partial charge in [-0.2, -0.15) is 0 Å². The summed E-state index contributed by atoms with van der Waals surface area (Å²) in [5, 5.41) is 6.30. The van der Waals surface area contributed by atoms with Gasteiger partial charge in [0.1, 0.15) is 0 Å². The van der Waals surface area contributed by atoms with Crippen molar-refractivity contribution in [2.75, 3.05) is 40.3 Å². The third-order valence-corrected chi connectivity index (χ3v) is 3.12. The van der Waals surface area contributed by atoms with E-state index in [1.807, 2.05) is 14.1 Å². The minimum Gasteiger partial charge on any atom is -0.355 e. The Balaban J connectivity index is 0.00000256. The first kappa shape index (κ1) is 16.7. The summed E-state index contributed by atoms with van der Waals surface area (Å²) < 4.78 is 0. The molecular weight excluding hydrogens is 238 g/mol. The second-order valence-electron chi connectivity index (χ2n) is 4.89. The van der Waals surface area contributed by atoms with Gasteiger partial charge < -0.3 is 15.5 Å². The Bertz CT molecular complexity index is 206. The zero-order chi connectivity index (χ0) is 11.8. The molecule has 17 heavy (non-hydrogen) atoms. The maximum atomic E-state index is 11.5. The van der Waals surface area contributed by atoms with E-state index in [0.29, 0.717) is 6.42 Å². The van der Waals surface area contributed by atoms with Crippen LogP contribution in [0.25, 0.3) is 0 Å². The lowest BCUT2D eigenvalue weighted by atomic mass is 9.93. The van der Waals surface area contributed by atoms with Gasteiger partial charge in [-0.15, -0.1) is 12.4 Å². The monoisotopic (exact) mass is 263 g/mol. The quantitative estimate of drug-likeness (QED) is 0.747. The SMILES string of the molecule is CN(C)CCNC(=O)CCC1CCNCC1.Cl. The maximum Gasteiger partial charge on any atom is 0.220 e. The van der Waals surface area contributed by atoms with E-state index in [1.54, 1.807) is 0 Å². The molecule has 102 valence electrons. The van der Waals surface area contributed by atoms with Crippen molar-refractivity contribution in [2.45, 2.75) is 25.7 Å². The molecule has 1 saturated heterocycles. The molecule has 1 amide bonds. The van der Waals surface area contributed by atoms with Gasteiger partial charge in [0.25, 0.3) is 0 Å². The second kappa shape index (κ2) is 9.68. The number of carbonyl (C=O) groups excluding carboxylic acids is 1. The lowest BCUT2D eigenvalue weighted by molar-refractivity contribution is -0.121. The fourth-order valence-corrected chi connectivity index (χ4v) is 2.01. The number of rotatable bonds is 6. The number of likely N-dealkylation sites (N-methyl/N-ethyl adjacent to an activating group) is 1. The van der Waals surface area contributed by atoms with Crippen molar-refractivity contribution in [1.82, 2.24) is 15.5 Å². The Morgan fingerprint density at radius 1 is 1.35 bits per heavy atom. The Morgan fingerprint density at radius 2 is 2.00 bits per heavy atom. The number of hydrogen-bond donors (Lipinski definition) is 2. The van der Waals surface area contributed by atoms with Crippen LogP contribution < -0.4 is 10.6 Å². The van der Waals surface area contributed by atoms with Crippen LogP contribution in [0.2, 0.25) is 0 Å². The Kier molecular flexibility index (Phi) is 9.50. The zero-order valence-corrected chi connectivity index (χ0v) is 11.8. The molecule has 0 bridgehead atoms. The van der Waals surface area contributed by atoms with Crippen molar-refractivity contribution >= 4 is 18.3 Å². The van der Waals surface area contributed by atoms with Gasteiger partial charge in [-0.05, 0) is 52.4 Å². The Hall–Kier alpha value is -0.320. The van der Waals surface area contributed by atoms with E-state index in [-0.39, 0.29) is 18.3 Å². The fraction of sp³-hybridized carbons (Fsp3) is 0.917. The Labute approximate surface area is 111 Å². The van der Waals surface area contributed by atoms with Crippen molar-refractivity contribution in [3.8, 4) is 0 Å². The van der Waals surface area contributed by atoms with Crippen molar-refractivity contribution in [2.24, 2.45) is 5.92 Å². The van der Waals surface area contributed by atoms with Gasteiger partial charge in [0.15, 0.2) is 0 Å². The first-order chi connectivity index (χ1) is 7.68. The zero-order valence-electron chi connectivity index (χ0n) is 11.0. The summed E-state index contributed by atoms with van der Waals surface area (Å²) in [5.41, 5.74) is 0. The van der Waals surface area contributed by atoms with Gasteiger partial charge in [-0.25, -0.2) is 0 Å². The summed E-state index contributed by atoms with van der Waals surface area (Å²) in [5.74, 6) is 0.959. The van der Waals surface area contributed by atoms with E-state index in [0.717, 1.165) is 38.5 Å². The van der Waals surface area contributed by atoms with Crippen LogP contribution in [0.4, 0.5) is 0 Å². The topological polar surface area (TPSA) is 44.4 Å². The summed E-state index contributed by atoms with van der Waals surface area (Å²) in [4.78, 5) is 13.6. The number of amides is 1. The molecule has 0 aromatic heterocycles. The Morgan fingerprint density at radius 3 is 2.59 bits per heavy atom. The van der Waals surface area contributed by atoms with Gasteiger partial charge in [0.05, 0.1) is 0 Å². The summed E-state index contributed by atoms with van der Waals surface area (Å²) in [6.45, 7) is 3.91. The summed E-state index contributed by atoms with van der Waals surface area (Å²) >= 11 is 0. The molecule has 0 aliphatic carbocycles. The minimum absolute atomic E-state index is 0. The van der Waals surface area contributed by atoms with Crippen LogP contribution in [-0.4, -0.2) is 51.1 Å². The molecule has 5 heteroatoms. The number of carbonyl (C=O) groups is 1. The van der Waals surface area contributed by atoms with Crippen LogP contribution in [0.5, 0.6) is 0 Å². The molecule has 4 nitrogen and oxygen atoms in total. The number of piperidine rings is 1. The summed E-state index contributed by atoms with van der Waals surface area (Å²) in [6, 6.07) is 0. The first-order valence-corrected chi connectivity index (χ1v) is 6.30. The number of nitrogens with zero attached hydrogens (tertiary/aromatic N) is 1. The maximum absolute atomic E-state index is 11.5. The number of hydrogen-bond acceptors (Lipinski definition) is 3. The molecule has 2 N–H and O–H groups in total. The number of nitrogens with one attached hydrogen (secondary N) is 2. The van der Waals surface area contributed by atoms with E-state index >= 15 is 0 Å². The standard InChI is InChI=1S/C12H25N3O.ClH/c1-15(2)10-9-14-12(16)4-3-11-5-7-13-8-6-11;/h11,13H,3-10H2,1-2H3,(H,14,16);1H. The molecule has 1 rings (SSSR count). The molecule has 0 spiro atoms. The molecule has 0 atom stereocenters. The van der Waals surface area contributed by atoms with Gasteiger partial charge in [0.2, 0.25) is 5.91 Å². The third kappa shape index (κ3) is 8.41. The van der Waals surface area contributed by atoms with Crippen LogP contribution in [0.1, 0.15) is 25.7 Å². The van der Waals surface area contributed by atoms with E-state index in [1.165, 1.54) is 12.8 Å². The van der Waals surface area contributed by atoms with Crippen LogP contribution in [-0.2, 0) is 4.79 Å². The van der Waals surface area contributed by atoms with Crippen molar-refractivity contribution in [3.63, 3.8) is 0 Å². The van der Waals surface area contributed by atoms with Gasteiger partial charge >= 0.3 is 0 Å². The minimum atomic E-state index is 0. The smallest absolute Gasteiger partial charge is 0.220 e. The molecule has 1 fully saturated rings. The van der Waals surface area contributed by atoms with E-state index in [2.05, 4.69) is 15.5 Å². The normalized spacial score (nSPS) is 16.6. The lowest BCUT2D eigenvalue weighted by Gasteiger charge is -2.22. The largest absolute Gasteiger partial charge is 0.355 e. The first-order valence-electron chi connectivity index (χ1n) is 6.30. The average Bonchev–Trinajstić information content (AvgIpc) is 2.27. The second-order valence-corrected chi connectivity index (χ2v) is 4.89. The molecule has 1 aliphatic heterocycles. The molecule has 1 heterocycles. The molecule has 0 aromatic rings. The van der Waals surface area contributed by atoms with E-state index in [9.17, 15) is 4.79 Å². The lowest BCUT2D eigenvalue weighted by Crippen LogP contribution is -2.32. The molecule has 0 saturated carbocycles. The van der Waals surface area contributed by atoms with Crippen LogP contribution in [0, 0.1) is 5.92 Å². The van der Waals surface area contributed by atoms with Crippen LogP contribution in [0.3, 0.4) is 0 Å². The van der Waals surface area contributed by atoms with E-state index in [4.69, 9.17) is 0 Å². The summed E-state index contributed by atoms with van der Waals surface area (Å²) in [7, 11) is 4.03. The third-order valence-electron chi connectivity index (χ3n) is 3.12. The highest BCUT2D eigenvalue weighted by atomic mass is 35.5.